The summed E-state index contributed by atoms with van der Waals surface area (Å²) in [5, 5.41) is 3.08. The van der Waals surface area contributed by atoms with Gasteiger partial charge >= 0.3 is 0 Å². The molecule has 2 nitrogen and oxygen atoms in total. The monoisotopic (exact) mass is 239 g/mol. The van der Waals surface area contributed by atoms with Gasteiger partial charge in [0.25, 0.3) is 5.91 Å². The normalized spacial score (nSPS) is 11.3. The Labute approximate surface area is 102 Å². The second kappa shape index (κ2) is 4.88. The molecule has 1 amide bonds. The first kappa shape index (κ1) is 13.0. The average molecular weight is 240 g/mol. The van der Waals surface area contributed by atoms with Crippen LogP contribution < -0.4 is 5.32 Å². The smallest absolute Gasteiger partial charge is 0.252 e. The van der Waals surface area contributed by atoms with Gasteiger partial charge in [0.2, 0.25) is 0 Å². The molecular weight excluding hydrogens is 222 g/mol. The van der Waals surface area contributed by atoms with Gasteiger partial charge in [-0.1, -0.05) is 38.4 Å². The van der Waals surface area contributed by atoms with Crippen LogP contribution in [0.25, 0.3) is 0 Å². The van der Waals surface area contributed by atoms with Crippen molar-refractivity contribution < 1.29 is 4.79 Å². The topological polar surface area (TPSA) is 29.1 Å². The van der Waals surface area contributed by atoms with Crippen molar-refractivity contribution in [3.63, 3.8) is 0 Å². The summed E-state index contributed by atoms with van der Waals surface area (Å²) in [6.07, 6.45) is 1.03. The fourth-order valence-electron chi connectivity index (χ4n) is 1.46. The van der Waals surface area contributed by atoms with Crippen LogP contribution in [0.4, 0.5) is 0 Å². The lowest BCUT2D eigenvalue weighted by Gasteiger charge is -2.23. The van der Waals surface area contributed by atoms with Gasteiger partial charge in [0.15, 0.2) is 0 Å². The van der Waals surface area contributed by atoms with Crippen LogP contribution in [0.15, 0.2) is 18.2 Å². The Bertz CT molecular complexity index is 399. The maximum atomic E-state index is 11.5. The maximum absolute atomic E-state index is 11.5. The summed E-state index contributed by atoms with van der Waals surface area (Å²) in [6.45, 7) is 6.47. The summed E-state index contributed by atoms with van der Waals surface area (Å²) < 4.78 is 0. The first-order chi connectivity index (χ1) is 7.42. The van der Waals surface area contributed by atoms with E-state index in [-0.39, 0.29) is 11.3 Å². The van der Waals surface area contributed by atoms with E-state index in [4.69, 9.17) is 11.6 Å². The van der Waals surface area contributed by atoms with Crippen LogP contribution in [0.5, 0.6) is 0 Å². The van der Waals surface area contributed by atoms with Gasteiger partial charge < -0.3 is 5.32 Å². The minimum absolute atomic E-state index is 0.0882. The molecule has 0 aliphatic carbocycles. The average Bonchev–Trinajstić information content (AvgIpc) is 2.28. The van der Waals surface area contributed by atoms with Gasteiger partial charge in [0, 0.05) is 7.05 Å². The number of carbonyl (C=O) groups is 1. The number of rotatable bonds is 3. The van der Waals surface area contributed by atoms with E-state index in [0.29, 0.717) is 10.6 Å². The third kappa shape index (κ3) is 2.56. The Morgan fingerprint density at radius 3 is 2.50 bits per heavy atom. The Balaban J connectivity index is 3.14. The van der Waals surface area contributed by atoms with Gasteiger partial charge in [0.05, 0.1) is 10.6 Å². The number of halogens is 1. The number of carbonyl (C=O) groups excluding carboxylic acids is 1. The Morgan fingerprint density at radius 1 is 1.44 bits per heavy atom. The van der Waals surface area contributed by atoms with Crippen molar-refractivity contribution in [1.29, 1.82) is 0 Å². The van der Waals surface area contributed by atoms with Crippen molar-refractivity contribution in [2.75, 3.05) is 7.05 Å². The molecule has 16 heavy (non-hydrogen) atoms. The highest BCUT2D eigenvalue weighted by Gasteiger charge is 2.19. The van der Waals surface area contributed by atoms with Crippen LogP contribution in [0.1, 0.15) is 43.1 Å². The van der Waals surface area contributed by atoms with Crippen molar-refractivity contribution in [1.82, 2.24) is 5.32 Å². The molecule has 0 unspecified atom stereocenters. The molecule has 0 aliphatic heterocycles. The minimum atomic E-state index is -0.147. The molecular formula is C13H18ClNO. The van der Waals surface area contributed by atoms with E-state index < -0.39 is 0 Å². The molecule has 1 aromatic rings. The summed E-state index contributed by atoms with van der Waals surface area (Å²) in [6, 6.07) is 5.64. The van der Waals surface area contributed by atoms with Gasteiger partial charge in [-0.05, 0) is 29.5 Å². The van der Waals surface area contributed by atoms with Crippen molar-refractivity contribution >= 4 is 17.5 Å². The van der Waals surface area contributed by atoms with Crippen LogP contribution >= 0.6 is 11.6 Å². The van der Waals surface area contributed by atoms with Gasteiger partial charge in [-0.25, -0.2) is 0 Å². The highest BCUT2D eigenvalue weighted by Crippen LogP contribution is 2.30. The number of hydrogen-bond acceptors (Lipinski definition) is 1. The molecule has 0 spiro atoms. The highest BCUT2D eigenvalue weighted by atomic mass is 35.5. The van der Waals surface area contributed by atoms with Gasteiger partial charge in [-0.2, -0.15) is 0 Å². The largest absolute Gasteiger partial charge is 0.355 e. The van der Waals surface area contributed by atoms with E-state index in [2.05, 4.69) is 26.1 Å². The summed E-state index contributed by atoms with van der Waals surface area (Å²) >= 11 is 6.11. The summed E-state index contributed by atoms with van der Waals surface area (Å²) in [5.74, 6) is -0.147. The number of nitrogens with one attached hydrogen (secondary N) is 1. The zero-order chi connectivity index (χ0) is 12.3. The number of amides is 1. The standard InChI is InChI=1S/C13H18ClNO/c1-5-13(2,3)9-6-7-10(11(14)8-9)12(16)15-4/h6-8H,5H2,1-4H3,(H,15,16). The van der Waals surface area contributed by atoms with Gasteiger partial charge in [-0.3, -0.25) is 4.79 Å². The molecule has 88 valence electrons. The van der Waals surface area contributed by atoms with Gasteiger partial charge in [-0.15, -0.1) is 0 Å². The lowest BCUT2D eigenvalue weighted by atomic mass is 9.82. The predicted octanol–water partition coefficient (Wildman–Crippen LogP) is 3.39. The van der Waals surface area contributed by atoms with E-state index >= 15 is 0 Å². The lowest BCUT2D eigenvalue weighted by molar-refractivity contribution is 0.0963. The van der Waals surface area contributed by atoms with Gasteiger partial charge in [0.1, 0.15) is 0 Å². The van der Waals surface area contributed by atoms with E-state index in [0.717, 1.165) is 12.0 Å². The molecule has 1 aromatic carbocycles. The van der Waals surface area contributed by atoms with Crippen LogP contribution in [-0.2, 0) is 5.41 Å². The third-order valence-electron chi connectivity index (χ3n) is 3.11. The molecule has 0 aliphatic rings. The minimum Gasteiger partial charge on any atom is -0.355 e. The quantitative estimate of drug-likeness (QED) is 0.861. The van der Waals surface area contributed by atoms with Crippen LogP contribution in [0, 0.1) is 0 Å². The van der Waals surface area contributed by atoms with Crippen LogP contribution in [0.3, 0.4) is 0 Å². The molecule has 0 fully saturated rings. The zero-order valence-electron chi connectivity index (χ0n) is 10.2. The van der Waals surface area contributed by atoms with Crippen LogP contribution in [-0.4, -0.2) is 13.0 Å². The van der Waals surface area contributed by atoms with Crippen LogP contribution in [0.2, 0.25) is 5.02 Å². The molecule has 0 saturated carbocycles. The first-order valence-corrected chi connectivity index (χ1v) is 5.82. The second-order valence-corrected chi connectivity index (χ2v) is 4.92. The molecule has 0 aromatic heterocycles. The number of hydrogen-bond donors (Lipinski definition) is 1. The molecule has 0 bridgehead atoms. The predicted molar refractivity (Wildman–Crippen MR) is 68.2 cm³/mol. The van der Waals surface area contributed by atoms with Crippen molar-refractivity contribution in [3.05, 3.63) is 34.3 Å². The van der Waals surface area contributed by atoms with E-state index in [1.165, 1.54) is 0 Å². The van der Waals surface area contributed by atoms with E-state index in [1.807, 2.05) is 12.1 Å². The third-order valence-corrected chi connectivity index (χ3v) is 3.42. The van der Waals surface area contributed by atoms with E-state index in [1.54, 1.807) is 13.1 Å². The first-order valence-electron chi connectivity index (χ1n) is 5.44. The fraction of sp³-hybridized carbons (Fsp3) is 0.462. The molecule has 0 atom stereocenters. The Kier molecular flexibility index (Phi) is 3.98. The fourth-order valence-corrected chi connectivity index (χ4v) is 1.73. The second-order valence-electron chi connectivity index (χ2n) is 4.51. The Morgan fingerprint density at radius 2 is 2.06 bits per heavy atom. The summed E-state index contributed by atoms with van der Waals surface area (Å²) in [4.78, 5) is 11.5. The lowest BCUT2D eigenvalue weighted by Crippen LogP contribution is -2.20. The number of benzene rings is 1. The van der Waals surface area contributed by atoms with Crippen molar-refractivity contribution in [3.8, 4) is 0 Å². The Hall–Kier alpha value is -1.02. The van der Waals surface area contributed by atoms with Crippen molar-refractivity contribution in [2.45, 2.75) is 32.6 Å². The SMILES string of the molecule is CCC(C)(C)c1ccc(C(=O)NC)c(Cl)c1. The molecule has 1 rings (SSSR count). The molecule has 3 heteroatoms. The molecule has 1 N–H and O–H groups in total. The van der Waals surface area contributed by atoms with Crippen molar-refractivity contribution in [2.24, 2.45) is 0 Å². The molecule has 0 heterocycles. The highest BCUT2D eigenvalue weighted by molar-refractivity contribution is 6.33. The maximum Gasteiger partial charge on any atom is 0.252 e. The summed E-state index contributed by atoms with van der Waals surface area (Å²) in [5.41, 5.74) is 1.78. The van der Waals surface area contributed by atoms with E-state index in [9.17, 15) is 4.79 Å². The summed E-state index contributed by atoms with van der Waals surface area (Å²) in [7, 11) is 1.60. The molecule has 0 saturated heterocycles. The molecule has 0 radical (unpaired) electrons. The zero-order valence-corrected chi connectivity index (χ0v) is 11.0.